The zero-order chi connectivity index (χ0) is 12.9. The smallest absolute Gasteiger partial charge is 0.148 e. The van der Waals surface area contributed by atoms with Gasteiger partial charge in [0.05, 0.1) is 5.75 Å². The van der Waals surface area contributed by atoms with E-state index in [0.29, 0.717) is 16.7 Å². The van der Waals surface area contributed by atoms with Crippen molar-refractivity contribution in [1.29, 1.82) is 0 Å². The molecule has 0 spiro atoms. The summed E-state index contributed by atoms with van der Waals surface area (Å²) < 4.78 is 22.0. The molecule has 96 valence electrons. The van der Waals surface area contributed by atoms with Crippen LogP contribution in [0, 0.1) is 0 Å². The lowest BCUT2D eigenvalue weighted by Gasteiger charge is -2.03. The van der Waals surface area contributed by atoms with Crippen molar-refractivity contribution in [3.63, 3.8) is 0 Å². The minimum Gasteiger partial charge on any atom is -0.229 e. The van der Waals surface area contributed by atoms with E-state index in [1.165, 1.54) is 18.0 Å². The summed E-state index contributed by atoms with van der Waals surface area (Å²) in [5, 5.41) is 1.14. The van der Waals surface area contributed by atoms with Crippen molar-refractivity contribution in [3.8, 4) is 0 Å². The Balaban J connectivity index is 2.64. The number of nitrogens with zero attached hydrogens (tertiary/aromatic N) is 2. The molecule has 0 aliphatic heterocycles. The molecule has 1 rings (SSSR count). The van der Waals surface area contributed by atoms with Gasteiger partial charge in [-0.3, -0.25) is 0 Å². The first-order valence-electron chi connectivity index (χ1n) is 5.24. The molecular weight excluding hydrogens is 280 g/mol. The number of sulfone groups is 1. The van der Waals surface area contributed by atoms with E-state index >= 15 is 0 Å². The number of hydrogen-bond donors (Lipinski definition) is 0. The fourth-order valence-corrected chi connectivity index (χ4v) is 3.53. The molecule has 0 bridgehead atoms. The van der Waals surface area contributed by atoms with Crippen molar-refractivity contribution in [2.24, 2.45) is 0 Å². The van der Waals surface area contributed by atoms with E-state index in [0.717, 1.165) is 17.9 Å². The number of thioether (sulfide) groups is 1. The molecule has 0 atom stereocenters. The third-order valence-electron chi connectivity index (χ3n) is 1.90. The Morgan fingerprint density at radius 2 is 2.12 bits per heavy atom. The molecule has 0 unspecified atom stereocenters. The molecular formula is C10H15ClN2O2S2. The monoisotopic (exact) mass is 294 g/mol. The molecule has 1 aromatic rings. The molecule has 17 heavy (non-hydrogen) atoms. The molecule has 0 fully saturated rings. The van der Waals surface area contributed by atoms with E-state index in [2.05, 4.69) is 9.97 Å². The molecule has 0 aromatic carbocycles. The second-order valence-electron chi connectivity index (χ2n) is 3.67. The first kappa shape index (κ1) is 14.7. The Bertz CT molecular complexity index is 477. The van der Waals surface area contributed by atoms with Crippen molar-refractivity contribution in [2.75, 3.05) is 17.8 Å². The summed E-state index contributed by atoms with van der Waals surface area (Å²) in [6.45, 7) is 2.04. The SMILES string of the molecule is CCCc1nc(Cl)cc(SCCS(C)(=O)=O)n1. The molecule has 0 aliphatic carbocycles. The topological polar surface area (TPSA) is 59.9 Å². The highest BCUT2D eigenvalue weighted by Crippen LogP contribution is 2.19. The summed E-state index contributed by atoms with van der Waals surface area (Å²) in [4.78, 5) is 8.42. The highest BCUT2D eigenvalue weighted by atomic mass is 35.5. The number of halogens is 1. The molecule has 4 nitrogen and oxygen atoms in total. The standard InChI is InChI=1S/C10H15ClN2O2S2/c1-3-4-9-12-8(11)7-10(13-9)16-5-6-17(2,14)15/h7H,3-6H2,1-2H3. The van der Waals surface area contributed by atoms with Gasteiger partial charge in [0.25, 0.3) is 0 Å². The highest BCUT2D eigenvalue weighted by molar-refractivity contribution is 8.00. The van der Waals surface area contributed by atoms with Gasteiger partial charge in [-0.1, -0.05) is 18.5 Å². The Morgan fingerprint density at radius 3 is 2.71 bits per heavy atom. The van der Waals surface area contributed by atoms with E-state index in [4.69, 9.17) is 11.6 Å². The van der Waals surface area contributed by atoms with Crippen LogP contribution in [0.1, 0.15) is 19.2 Å². The maximum absolute atomic E-state index is 11.0. The van der Waals surface area contributed by atoms with Crippen molar-refractivity contribution in [1.82, 2.24) is 9.97 Å². The van der Waals surface area contributed by atoms with E-state index in [-0.39, 0.29) is 5.75 Å². The van der Waals surface area contributed by atoms with Crippen molar-refractivity contribution < 1.29 is 8.42 Å². The van der Waals surface area contributed by atoms with Crippen LogP contribution in [0.15, 0.2) is 11.1 Å². The average molecular weight is 295 g/mol. The lowest BCUT2D eigenvalue weighted by atomic mass is 10.3. The summed E-state index contributed by atoms with van der Waals surface area (Å²) in [6.07, 6.45) is 2.96. The number of hydrogen-bond acceptors (Lipinski definition) is 5. The number of rotatable bonds is 6. The van der Waals surface area contributed by atoms with Crippen LogP contribution in [0.2, 0.25) is 5.15 Å². The minimum absolute atomic E-state index is 0.141. The predicted molar refractivity (Wildman–Crippen MR) is 71.5 cm³/mol. The molecule has 0 saturated heterocycles. The van der Waals surface area contributed by atoms with Crippen LogP contribution in [0.25, 0.3) is 0 Å². The molecule has 0 saturated carbocycles. The van der Waals surface area contributed by atoms with Crippen LogP contribution in [-0.2, 0) is 16.3 Å². The molecule has 0 amide bonds. The van der Waals surface area contributed by atoms with Crippen LogP contribution < -0.4 is 0 Å². The van der Waals surface area contributed by atoms with Crippen molar-refractivity contribution in [2.45, 2.75) is 24.8 Å². The van der Waals surface area contributed by atoms with Gasteiger partial charge >= 0.3 is 0 Å². The van der Waals surface area contributed by atoms with Gasteiger partial charge in [0.1, 0.15) is 25.8 Å². The van der Waals surface area contributed by atoms with E-state index < -0.39 is 9.84 Å². The first-order valence-corrected chi connectivity index (χ1v) is 8.67. The predicted octanol–water partition coefficient (Wildman–Crippen LogP) is 2.22. The molecule has 1 aromatic heterocycles. The highest BCUT2D eigenvalue weighted by Gasteiger charge is 2.06. The van der Waals surface area contributed by atoms with Crippen LogP contribution in [-0.4, -0.2) is 36.1 Å². The van der Waals surface area contributed by atoms with E-state index in [9.17, 15) is 8.42 Å². The molecule has 0 N–H and O–H groups in total. The Hall–Kier alpha value is -0.330. The van der Waals surface area contributed by atoms with Gasteiger partial charge in [-0.05, 0) is 6.42 Å². The molecule has 0 radical (unpaired) electrons. The van der Waals surface area contributed by atoms with E-state index in [1.54, 1.807) is 6.07 Å². The van der Waals surface area contributed by atoms with Gasteiger partial charge in [0.2, 0.25) is 0 Å². The van der Waals surface area contributed by atoms with Gasteiger partial charge in [-0.2, -0.15) is 0 Å². The average Bonchev–Trinajstić information content (AvgIpc) is 2.15. The fourth-order valence-electron chi connectivity index (χ4n) is 1.15. The zero-order valence-electron chi connectivity index (χ0n) is 9.81. The van der Waals surface area contributed by atoms with Crippen LogP contribution in [0.4, 0.5) is 0 Å². The summed E-state index contributed by atoms with van der Waals surface area (Å²) >= 11 is 7.26. The van der Waals surface area contributed by atoms with Gasteiger partial charge in [0.15, 0.2) is 0 Å². The minimum atomic E-state index is -2.92. The van der Waals surface area contributed by atoms with Gasteiger partial charge < -0.3 is 0 Å². The van der Waals surface area contributed by atoms with Crippen LogP contribution >= 0.6 is 23.4 Å². The largest absolute Gasteiger partial charge is 0.229 e. The van der Waals surface area contributed by atoms with Crippen molar-refractivity contribution >= 4 is 33.2 Å². The quantitative estimate of drug-likeness (QED) is 0.595. The normalized spacial score (nSPS) is 11.7. The third kappa shape index (κ3) is 6.24. The Labute approximate surface area is 111 Å². The third-order valence-corrected chi connectivity index (χ3v) is 4.21. The van der Waals surface area contributed by atoms with Crippen LogP contribution in [0.3, 0.4) is 0 Å². The van der Waals surface area contributed by atoms with Crippen LogP contribution in [0.5, 0.6) is 0 Å². The Kier molecular flexibility index (Phi) is 5.69. The maximum Gasteiger partial charge on any atom is 0.148 e. The molecule has 1 heterocycles. The lowest BCUT2D eigenvalue weighted by Crippen LogP contribution is -2.05. The summed E-state index contributed by atoms with van der Waals surface area (Å²) in [5.41, 5.74) is 0. The van der Waals surface area contributed by atoms with E-state index in [1.807, 2.05) is 6.92 Å². The van der Waals surface area contributed by atoms with Crippen molar-refractivity contribution in [3.05, 3.63) is 17.0 Å². The summed E-state index contributed by atoms with van der Waals surface area (Å²) in [6, 6.07) is 1.66. The molecule has 0 aliphatic rings. The second-order valence-corrected chi connectivity index (χ2v) is 7.44. The number of aromatic nitrogens is 2. The molecule has 7 heteroatoms. The van der Waals surface area contributed by atoms with Gasteiger partial charge in [-0.15, -0.1) is 11.8 Å². The Morgan fingerprint density at radius 1 is 1.41 bits per heavy atom. The van der Waals surface area contributed by atoms with Gasteiger partial charge in [0, 0.05) is 24.5 Å². The number of aryl methyl sites for hydroxylation is 1. The first-order chi connectivity index (χ1) is 7.90. The lowest BCUT2D eigenvalue weighted by molar-refractivity contribution is 0.603. The zero-order valence-corrected chi connectivity index (χ0v) is 12.2. The second kappa shape index (κ2) is 6.56. The fraction of sp³-hybridized carbons (Fsp3) is 0.600. The summed E-state index contributed by atoms with van der Waals surface area (Å²) in [7, 11) is -2.92. The van der Waals surface area contributed by atoms with Gasteiger partial charge in [-0.25, -0.2) is 18.4 Å². The maximum atomic E-state index is 11.0. The summed E-state index contributed by atoms with van der Waals surface area (Å²) in [5.74, 6) is 1.34.